The molecule has 0 heterocycles. The smallest absolute Gasteiger partial charge is 0.305 e. The van der Waals surface area contributed by atoms with Crippen molar-refractivity contribution in [3.63, 3.8) is 0 Å². The molecule has 12 nitrogen and oxygen atoms in total. The van der Waals surface area contributed by atoms with Gasteiger partial charge in [0.2, 0.25) is 0 Å². The van der Waals surface area contributed by atoms with Gasteiger partial charge >= 0.3 is 5.97 Å². The molecule has 304 valence electrons. The maximum absolute atomic E-state index is 11.5. The highest BCUT2D eigenvalue weighted by Gasteiger charge is 2.02. The molecule has 1 aromatic carbocycles. The molecule has 0 saturated heterocycles. The molecular weight excluding hydrogens is 672 g/mol. The fourth-order valence-electron chi connectivity index (χ4n) is 4.75. The van der Waals surface area contributed by atoms with Gasteiger partial charge in [0.05, 0.1) is 119 Å². The van der Waals surface area contributed by atoms with E-state index in [2.05, 4.69) is 26.0 Å². The van der Waals surface area contributed by atoms with Crippen LogP contribution in [0.4, 0.5) is 0 Å². The maximum Gasteiger partial charge on any atom is 0.305 e. The van der Waals surface area contributed by atoms with E-state index in [4.69, 9.17) is 52.1 Å². The van der Waals surface area contributed by atoms with E-state index in [1.54, 1.807) is 0 Å². The molecule has 0 aliphatic rings. The molecule has 0 unspecified atom stereocenters. The molecule has 52 heavy (non-hydrogen) atoms. The first-order valence-corrected chi connectivity index (χ1v) is 19.8. The Morgan fingerprint density at radius 1 is 0.404 bits per heavy atom. The molecule has 0 atom stereocenters. The number of aryl methyl sites for hydroxylation is 1. The summed E-state index contributed by atoms with van der Waals surface area (Å²) in [6, 6.07) is 8.43. The predicted octanol–water partition coefficient (Wildman–Crippen LogP) is 6.24. The fraction of sp³-hybridized carbons (Fsp3) is 0.825. The minimum atomic E-state index is -0.158. The van der Waals surface area contributed by atoms with Crippen molar-refractivity contribution < 1.29 is 56.9 Å². The number of benzene rings is 1. The summed E-state index contributed by atoms with van der Waals surface area (Å²) in [5.41, 5.74) is 1.38. The van der Waals surface area contributed by atoms with Crippen molar-refractivity contribution in [3.8, 4) is 5.75 Å². The van der Waals surface area contributed by atoms with Crippen molar-refractivity contribution in [3.05, 3.63) is 29.8 Å². The summed E-state index contributed by atoms with van der Waals surface area (Å²) >= 11 is 0. The molecule has 0 aliphatic heterocycles. The number of carbonyl (C=O) groups is 1. The van der Waals surface area contributed by atoms with Crippen LogP contribution in [0, 0.1) is 0 Å². The van der Waals surface area contributed by atoms with Crippen molar-refractivity contribution in [1.82, 2.24) is 0 Å². The third kappa shape index (κ3) is 35.2. The van der Waals surface area contributed by atoms with E-state index in [1.165, 1.54) is 44.1 Å². The Bertz CT molecular complexity index is 857. The molecular formula is C40H72O12. The monoisotopic (exact) mass is 745 g/mol. The third-order valence-electron chi connectivity index (χ3n) is 7.69. The van der Waals surface area contributed by atoms with Gasteiger partial charge in [0.1, 0.15) is 19.0 Å². The van der Waals surface area contributed by atoms with E-state index < -0.39 is 0 Å². The molecule has 0 spiro atoms. The summed E-state index contributed by atoms with van der Waals surface area (Å²) < 4.78 is 60.3. The summed E-state index contributed by atoms with van der Waals surface area (Å²) in [4.78, 5) is 11.5. The topological polar surface area (TPSA) is 119 Å². The Kier molecular flexibility index (Phi) is 37.3. The second-order valence-electron chi connectivity index (χ2n) is 12.2. The van der Waals surface area contributed by atoms with Crippen molar-refractivity contribution in [1.29, 1.82) is 0 Å². The van der Waals surface area contributed by atoms with Crippen molar-refractivity contribution >= 4 is 5.97 Å². The molecule has 12 heteroatoms. The van der Waals surface area contributed by atoms with Crippen molar-refractivity contribution in [2.75, 3.05) is 132 Å². The van der Waals surface area contributed by atoms with Gasteiger partial charge in [-0.15, -0.1) is 0 Å². The summed E-state index contributed by atoms with van der Waals surface area (Å²) in [5, 5.41) is 0. The molecule has 1 rings (SSSR count). The first-order chi connectivity index (χ1) is 25.8. The van der Waals surface area contributed by atoms with E-state index in [0.717, 1.165) is 31.4 Å². The Morgan fingerprint density at radius 3 is 1.17 bits per heavy atom. The van der Waals surface area contributed by atoms with Gasteiger partial charge in [0, 0.05) is 6.42 Å². The van der Waals surface area contributed by atoms with Gasteiger partial charge in [0.15, 0.2) is 0 Å². The molecule has 0 N–H and O–H groups in total. The SMILES string of the molecule is CCCCCCCCc1ccc(OCCOCCOCCOCCOCCOCCOCCOCCOCCOCCOC(=O)CCCCC)cc1. The van der Waals surface area contributed by atoms with Gasteiger partial charge in [-0.1, -0.05) is 70.9 Å². The predicted molar refractivity (Wildman–Crippen MR) is 201 cm³/mol. The third-order valence-corrected chi connectivity index (χ3v) is 7.69. The Labute approximate surface area is 314 Å². The van der Waals surface area contributed by atoms with Crippen molar-refractivity contribution in [2.45, 2.75) is 84.5 Å². The maximum atomic E-state index is 11.5. The first kappa shape index (κ1) is 48.1. The van der Waals surface area contributed by atoms with Gasteiger partial charge in [0.25, 0.3) is 0 Å². The molecule has 0 bridgehead atoms. The lowest BCUT2D eigenvalue weighted by atomic mass is 10.0. The molecule has 1 aromatic rings. The lowest BCUT2D eigenvalue weighted by molar-refractivity contribution is -0.145. The molecule has 0 fully saturated rings. The largest absolute Gasteiger partial charge is 0.491 e. The van der Waals surface area contributed by atoms with Crippen LogP contribution in [0.1, 0.15) is 83.6 Å². The minimum absolute atomic E-state index is 0.158. The summed E-state index contributed by atoms with van der Waals surface area (Å²) in [5.74, 6) is 0.725. The minimum Gasteiger partial charge on any atom is -0.491 e. The van der Waals surface area contributed by atoms with Crippen LogP contribution in [0.25, 0.3) is 0 Å². The van der Waals surface area contributed by atoms with E-state index in [1.807, 2.05) is 12.1 Å². The van der Waals surface area contributed by atoms with Crippen LogP contribution < -0.4 is 4.74 Å². The van der Waals surface area contributed by atoms with Crippen LogP contribution >= 0.6 is 0 Å². The molecule has 0 aliphatic carbocycles. The van der Waals surface area contributed by atoms with Gasteiger partial charge < -0.3 is 52.1 Å². The lowest BCUT2D eigenvalue weighted by Crippen LogP contribution is -2.15. The second-order valence-corrected chi connectivity index (χ2v) is 12.2. The lowest BCUT2D eigenvalue weighted by Gasteiger charge is -2.09. The quantitative estimate of drug-likeness (QED) is 0.0557. The summed E-state index contributed by atoms with van der Waals surface area (Å²) in [6.45, 7) is 14.1. The number of ether oxygens (including phenoxy) is 11. The van der Waals surface area contributed by atoms with Crippen LogP contribution in [-0.4, -0.2) is 138 Å². The first-order valence-electron chi connectivity index (χ1n) is 19.8. The summed E-state index contributed by atoms with van der Waals surface area (Å²) in [6.07, 6.45) is 12.6. The molecule has 0 radical (unpaired) electrons. The summed E-state index contributed by atoms with van der Waals surface area (Å²) in [7, 11) is 0. The number of carbonyl (C=O) groups excluding carboxylic acids is 1. The van der Waals surface area contributed by atoms with Crippen LogP contribution in [0.2, 0.25) is 0 Å². The normalized spacial score (nSPS) is 11.3. The van der Waals surface area contributed by atoms with E-state index in [-0.39, 0.29) is 12.6 Å². The number of hydrogen-bond acceptors (Lipinski definition) is 12. The number of hydrogen-bond donors (Lipinski definition) is 0. The molecule has 0 saturated carbocycles. The van der Waals surface area contributed by atoms with E-state index >= 15 is 0 Å². The average molecular weight is 745 g/mol. The zero-order valence-electron chi connectivity index (χ0n) is 32.6. The highest BCUT2D eigenvalue weighted by Crippen LogP contribution is 2.15. The molecule has 0 amide bonds. The van der Waals surface area contributed by atoms with Crippen LogP contribution in [0.15, 0.2) is 24.3 Å². The molecule has 0 aromatic heterocycles. The standard InChI is InChI=1S/C40H72O12/c1-3-5-7-8-9-11-12-38-14-16-39(17-15-38)51-36-34-49-32-30-47-28-26-45-24-22-43-20-18-42-19-21-44-23-25-46-27-29-48-31-33-50-35-37-52-40(41)13-10-6-4-2/h14-17H,3-13,18-37H2,1-2H3. The van der Waals surface area contributed by atoms with Gasteiger partial charge in [-0.3, -0.25) is 4.79 Å². The second kappa shape index (κ2) is 40.3. The van der Waals surface area contributed by atoms with E-state index in [9.17, 15) is 4.79 Å². The average Bonchev–Trinajstić information content (AvgIpc) is 3.16. The van der Waals surface area contributed by atoms with Crippen LogP contribution in [0.5, 0.6) is 5.75 Å². The fourth-order valence-corrected chi connectivity index (χ4v) is 4.75. The zero-order chi connectivity index (χ0) is 37.3. The Morgan fingerprint density at radius 2 is 0.750 bits per heavy atom. The van der Waals surface area contributed by atoms with Gasteiger partial charge in [-0.05, 0) is 37.0 Å². The Balaban J connectivity index is 1.69. The van der Waals surface area contributed by atoms with Crippen LogP contribution in [-0.2, 0) is 58.6 Å². The number of unbranched alkanes of at least 4 members (excludes halogenated alkanes) is 7. The number of rotatable bonds is 42. The van der Waals surface area contributed by atoms with E-state index in [0.29, 0.717) is 132 Å². The van der Waals surface area contributed by atoms with Crippen LogP contribution in [0.3, 0.4) is 0 Å². The highest BCUT2D eigenvalue weighted by molar-refractivity contribution is 5.69. The van der Waals surface area contributed by atoms with Crippen molar-refractivity contribution in [2.24, 2.45) is 0 Å². The van der Waals surface area contributed by atoms with Gasteiger partial charge in [-0.2, -0.15) is 0 Å². The Hall–Kier alpha value is -1.87. The number of esters is 1. The highest BCUT2D eigenvalue weighted by atomic mass is 16.6. The van der Waals surface area contributed by atoms with Gasteiger partial charge in [-0.25, -0.2) is 0 Å². The zero-order valence-corrected chi connectivity index (χ0v) is 32.6.